The lowest BCUT2D eigenvalue weighted by atomic mass is 9.83. The highest BCUT2D eigenvalue weighted by Gasteiger charge is 2.34. The van der Waals surface area contributed by atoms with Gasteiger partial charge in [0.2, 0.25) is 5.91 Å². The summed E-state index contributed by atoms with van der Waals surface area (Å²) in [7, 11) is 2.04. The second kappa shape index (κ2) is 6.84. The second-order valence-electron chi connectivity index (χ2n) is 8.36. The number of pyridine rings is 1. The van der Waals surface area contributed by atoms with Gasteiger partial charge in [0.05, 0.1) is 17.6 Å². The lowest BCUT2D eigenvalue weighted by Gasteiger charge is -2.42. The predicted octanol–water partition coefficient (Wildman–Crippen LogP) is 2.31. The van der Waals surface area contributed by atoms with Crippen molar-refractivity contribution in [3.63, 3.8) is 0 Å². The van der Waals surface area contributed by atoms with Crippen molar-refractivity contribution < 1.29 is 4.79 Å². The zero-order valence-electron chi connectivity index (χ0n) is 16.8. The molecule has 0 unspecified atom stereocenters. The Hall–Kier alpha value is -2.93. The number of carbonyl (C=O) groups is 1. The van der Waals surface area contributed by atoms with Crippen LogP contribution >= 0.6 is 0 Å². The Morgan fingerprint density at radius 1 is 1.21 bits per heavy atom. The van der Waals surface area contributed by atoms with Crippen LogP contribution in [0.1, 0.15) is 30.8 Å². The fourth-order valence-corrected chi connectivity index (χ4v) is 5.00. The molecule has 2 bridgehead atoms. The van der Waals surface area contributed by atoms with Crippen LogP contribution in [0.25, 0.3) is 11.0 Å². The molecule has 1 N–H and O–H groups in total. The Labute approximate surface area is 169 Å². The molecule has 2 aromatic heterocycles. The van der Waals surface area contributed by atoms with Gasteiger partial charge in [0.25, 0.3) is 5.56 Å². The van der Waals surface area contributed by atoms with Gasteiger partial charge >= 0.3 is 0 Å². The van der Waals surface area contributed by atoms with Gasteiger partial charge in [0.1, 0.15) is 5.82 Å². The van der Waals surface area contributed by atoms with Crippen LogP contribution in [0.4, 0.5) is 5.69 Å². The number of likely N-dealkylation sites (tertiary alicyclic amines) is 1. The van der Waals surface area contributed by atoms with Crippen molar-refractivity contribution in [1.29, 1.82) is 0 Å². The molecular weight excluding hydrogens is 366 g/mol. The molecule has 1 aromatic carbocycles. The number of carbonyl (C=O) groups excluding carboxylic acids is 1. The smallest absolute Gasteiger partial charge is 0.250 e. The number of fused-ring (bicyclic) bond motifs is 5. The van der Waals surface area contributed by atoms with E-state index >= 15 is 0 Å². The predicted molar refractivity (Wildman–Crippen MR) is 112 cm³/mol. The maximum atomic E-state index is 12.2. The molecule has 7 nitrogen and oxygen atoms in total. The molecule has 5 rings (SSSR count). The van der Waals surface area contributed by atoms with E-state index in [-0.39, 0.29) is 11.5 Å². The molecule has 2 atom stereocenters. The molecule has 2 aliphatic heterocycles. The Balaban J connectivity index is 1.40. The molecular formula is C22H25N5O2. The van der Waals surface area contributed by atoms with Crippen LogP contribution in [0.15, 0.2) is 41.2 Å². The van der Waals surface area contributed by atoms with E-state index in [9.17, 15) is 9.59 Å². The molecule has 7 heteroatoms. The minimum Gasteiger partial charge on any atom is -0.330 e. The maximum Gasteiger partial charge on any atom is 0.250 e. The molecule has 1 saturated heterocycles. The van der Waals surface area contributed by atoms with E-state index < -0.39 is 0 Å². The molecule has 0 radical (unpaired) electrons. The van der Waals surface area contributed by atoms with Crippen LogP contribution in [0, 0.1) is 5.92 Å². The van der Waals surface area contributed by atoms with Crippen molar-refractivity contribution >= 4 is 22.6 Å². The Morgan fingerprint density at radius 2 is 2.07 bits per heavy atom. The third kappa shape index (κ3) is 3.25. The second-order valence-corrected chi connectivity index (χ2v) is 8.36. The molecule has 0 saturated carbocycles. The highest BCUT2D eigenvalue weighted by molar-refractivity contribution is 5.91. The van der Waals surface area contributed by atoms with E-state index in [2.05, 4.69) is 20.9 Å². The van der Waals surface area contributed by atoms with Gasteiger partial charge in [0, 0.05) is 57.0 Å². The van der Waals surface area contributed by atoms with Gasteiger partial charge in [-0.05, 0) is 36.6 Å². The van der Waals surface area contributed by atoms with Gasteiger partial charge in [-0.2, -0.15) is 0 Å². The first-order valence-corrected chi connectivity index (χ1v) is 10.1. The number of imidazole rings is 1. The van der Waals surface area contributed by atoms with Crippen molar-refractivity contribution in [1.82, 2.24) is 19.0 Å². The van der Waals surface area contributed by atoms with Crippen molar-refractivity contribution in [3.8, 4) is 0 Å². The van der Waals surface area contributed by atoms with Crippen molar-refractivity contribution in [2.45, 2.75) is 32.4 Å². The monoisotopic (exact) mass is 391 g/mol. The summed E-state index contributed by atoms with van der Waals surface area (Å²) < 4.78 is 4.10. The fraction of sp³-hybridized carbons (Fsp3) is 0.409. The number of nitrogens with zero attached hydrogens (tertiary/aromatic N) is 4. The summed E-state index contributed by atoms with van der Waals surface area (Å²) in [5, 5.41) is 2.82. The number of hydrogen-bond donors (Lipinski definition) is 1. The van der Waals surface area contributed by atoms with Crippen molar-refractivity contribution in [2.75, 3.05) is 18.4 Å². The van der Waals surface area contributed by atoms with Gasteiger partial charge in [-0.3, -0.25) is 14.5 Å². The minimum atomic E-state index is -0.0836. The lowest BCUT2D eigenvalue weighted by Crippen LogP contribution is -2.46. The van der Waals surface area contributed by atoms with Crippen LogP contribution in [0.2, 0.25) is 0 Å². The molecule has 3 aromatic rings. The summed E-state index contributed by atoms with van der Waals surface area (Å²) >= 11 is 0. The molecule has 29 heavy (non-hydrogen) atoms. The molecule has 0 aliphatic carbocycles. The largest absolute Gasteiger partial charge is 0.330 e. The molecule has 1 fully saturated rings. The first-order valence-electron chi connectivity index (χ1n) is 10.1. The number of aryl methyl sites for hydroxylation is 1. The van der Waals surface area contributed by atoms with Crippen molar-refractivity contribution in [3.05, 3.63) is 58.3 Å². The standard InChI is InChI=1S/C22H25N5O2/c1-14(28)23-17-6-7-20-18(9-17)24-21(25(20)2)13-26-10-15-8-16(12-26)19-4-3-5-22(29)27(19)11-15/h3-7,9,15-16H,8,10-13H2,1-2H3,(H,23,28)/t15-,16+/m0/s1. The highest BCUT2D eigenvalue weighted by atomic mass is 16.1. The average Bonchev–Trinajstić information content (AvgIpc) is 2.97. The summed E-state index contributed by atoms with van der Waals surface area (Å²) in [5.74, 6) is 1.84. The third-order valence-corrected chi connectivity index (χ3v) is 6.21. The Morgan fingerprint density at radius 3 is 2.90 bits per heavy atom. The molecule has 2 aliphatic rings. The van der Waals surface area contributed by atoms with Crippen LogP contribution in [-0.4, -0.2) is 38.0 Å². The summed E-state index contributed by atoms with van der Waals surface area (Å²) in [6.45, 7) is 5.03. The Kier molecular flexibility index (Phi) is 4.28. The summed E-state index contributed by atoms with van der Waals surface area (Å²) in [4.78, 5) is 30.8. The number of aromatic nitrogens is 3. The zero-order chi connectivity index (χ0) is 20.1. The summed E-state index contributed by atoms with van der Waals surface area (Å²) in [5.41, 5.74) is 4.01. The van der Waals surface area contributed by atoms with Gasteiger partial charge in [-0.15, -0.1) is 0 Å². The van der Waals surface area contributed by atoms with E-state index in [4.69, 9.17) is 4.98 Å². The number of benzene rings is 1. The van der Waals surface area contributed by atoms with Crippen LogP contribution in [0.5, 0.6) is 0 Å². The Bertz CT molecular complexity index is 1160. The van der Waals surface area contributed by atoms with Gasteiger partial charge in [-0.1, -0.05) is 6.07 Å². The zero-order valence-corrected chi connectivity index (χ0v) is 16.8. The lowest BCUT2D eigenvalue weighted by molar-refractivity contribution is -0.114. The van der Waals surface area contributed by atoms with E-state index in [1.54, 1.807) is 6.07 Å². The van der Waals surface area contributed by atoms with E-state index in [1.807, 2.05) is 35.9 Å². The number of rotatable bonds is 3. The average molecular weight is 391 g/mol. The molecule has 0 spiro atoms. The first-order chi connectivity index (χ1) is 14.0. The third-order valence-electron chi connectivity index (χ3n) is 6.21. The minimum absolute atomic E-state index is 0.0836. The highest BCUT2D eigenvalue weighted by Crippen LogP contribution is 2.35. The number of piperidine rings is 1. The number of amides is 1. The quantitative estimate of drug-likeness (QED) is 0.744. The number of anilines is 1. The summed E-state index contributed by atoms with van der Waals surface area (Å²) in [6.07, 6.45) is 1.16. The maximum absolute atomic E-state index is 12.2. The van der Waals surface area contributed by atoms with Crippen LogP contribution in [-0.2, 0) is 24.9 Å². The topological polar surface area (TPSA) is 72.2 Å². The number of nitrogens with one attached hydrogen (secondary N) is 1. The van der Waals surface area contributed by atoms with Gasteiger partial charge in [0.15, 0.2) is 0 Å². The molecule has 1 amide bonds. The number of hydrogen-bond acceptors (Lipinski definition) is 4. The molecule has 4 heterocycles. The molecule has 150 valence electrons. The SMILES string of the molecule is CC(=O)Nc1ccc2c(c1)nc(CN1C[C@@H]3C[C@H](C1)c1cccc(=O)n1C3)n2C. The van der Waals surface area contributed by atoms with Gasteiger partial charge in [-0.25, -0.2) is 4.98 Å². The summed E-state index contributed by atoms with van der Waals surface area (Å²) in [6, 6.07) is 11.5. The van der Waals surface area contributed by atoms with Crippen molar-refractivity contribution in [2.24, 2.45) is 13.0 Å². The van der Waals surface area contributed by atoms with Crippen LogP contribution < -0.4 is 10.9 Å². The first kappa shape index (κ1) is 18.1. The van der Waals surface area contributed by atoms with Crippen LogP contribution in [0.3, 0.4) is 0 Å². The van der Waals surface area contributed by atoms with E-state index in [0.717, 1.165) is 55.1 Å². The normalized spacial score (nSPS) is 21.2. The fourth-order valence-electron chi connectivity index (χ4n) is 5.00. The van der Waals surface area contributed by atoms with E-state index in [0.29, 0.717) is 11.8 Å². The van der Waals surface area contributed by atoms with E-state index in [1.165, 1.54) is 12.6 Å². The van der Waals surface area contributed by atoms with Gasteiger partial charge < -0.3 is 14.5 Å².